The first-order valence-electron chi connectivity index (χ1n) is 4.97. The zero-order chi connectivity index (χ0) is 10.8. The minimum Gasteiger partial charge on any atom is -0.343 e. The summed E-state index contributed by atoms with van der Waals surface area (Å²) in [6.07, 6.45) is 5.30. The third-order valence-electron chi connectivity index (χ3n) is 2.25. The smallest absolute Gasteiger partial charge is 0.175 e. The molecule has 0 aliphatic carbocycles. The number of aliphatic imine (C=N–C) groups is 2. The molecule has 0 amide bonds. The lowest BCUT2D eigenvalue weighted by atomic mass is 10.3. The molecular formula is C11H9N5. The average Bonchev–Trinajstić information content (AvgIpc) is 3.01. The molecule has 2 aromatic rings. The van der Waals surface area contributed by atoms with E-state index in [0.717, 1.165) is 17.2 Å². The van der Waals surface area contributed by atoms with E-state index in [0.29, 0.717) is 12.4 Å². The van der Waals surface area contributed by atoms with Crippen molar-refractivity contribution in [1.82, 2.24) is 15.0 Å². The van der Waals surface area contributed by atoms with Gasteiger partial charge in [0.2, 0.25) is 0 Å². The molecule has 0 bridgehead atoms. The highest BCUT2D eigenvalue weighted by Gasteiger charge is 2.10. The van der Waals surface area contributed by atoms with Gasteiger partial charge in [0.25, 0.3) is 0 Å². The van der Waals surface area contributed by atoms with Crippen molar-refractivity contribution in [2.24, 2.45) is 9.98 Å². The number of imidazole rings is 1. The monoisotopic (exact) mass is 211 g/mol. The molecule has 0 radical (unpaired) electrons. The van der Waals surface area contributed by atoms with Crippen LogP contribution in [0.3, 0.4) is 0 Å². The predicted octanol–water partition coefficient (Wildman–Crippen LogP) is 1.30. The molecular weight excluding hydrogens is 202 g/mol. The third kappa shape index (κ3) is 1.52. The average molecular weight is 211 g/mol. The first-order valence-corrected chi connectivity index (χ1v) is 4.97. The lowest BCUT2D eigenvalue weighted by molar-refractivity contribution is 1.22. The molecule has 1 N–H and O–H groups in total. The number of aromatic nitrogens is 3. The molecule has 2 aromatic heterocycles. The number of hydrogen-bond acceptors (Lipinski definition) is 4. The number of rotatable bonds is 2. The van der Waals surface area contributed by atoms with E-state index in [4.69, 9.17) is 0 Å². The Kier molecular flexibility index (Phi) is 2.07. The Hall–Kier alpha value is -2.30. The summed E-state index contributed by atoms with van der Waals surface area (Å²) in [4.78, 5) is 20.0. The van der Waals surface area contributed by atoms with Crippen molar-refractivity contribution in [3.05, 3.63) is 36.3 Å². The summed E-state index contributed by atoms with van der Waals surface area (Å²) in [5.74, 6) is 1.42. The van der Waals surface area contributed by atoms with E-state index in [1.165, 1.54) is 0 Å². The van der Waals surface area contributed by atoms with E-state index < -0.39 is 0 Å². The van der Waals surface area contributed by atoms with Crippen molar-refractivity contribution in [2.75, 3.05) is 6.54 Å². The summed E-state index contributed by atoms with van der Waals surface area (Å²) in [7, 11) is 0. The Morgan fingerprint density at radius 1 is 1.19 bits per heavy atom. The van der Waals surface area contributed by atoms with Crippen molar-refractivity contribution in [3.8, 4) is 11.5 Å². The number of aromatic amines is 1. The second-order valence-electron chi connectivity index (χ2n) is 3.33. The van der Waals surface area contributed by atoms with Gasteiger partial charge in [0.1, 0.15) is 11.4 Å². The Morgan fingerprint density at radius 3 is 2.94 bits per heavy atom. The molecule has 3 heterocycles. The van der Waals surface area contributed by atoms with Crippen LogP contribution in [0.2, 0.25) is 0 Å². The molecule has 0 spiro atoms. The van der Waals surface area contributed by atoms with E-state index >= 15 is 0 Å². The van der Waals surface area contributed by atoms with Gasteiger partial charge in [-0.1, -0.05) is 6.07 Å². The number of amidine groups is 1. The summed E-state index contributed by atoms with van der Waals surface area (Å²) in [5, 5.41) is 0. The SMILES string of the molecule is C1=NC(c2c[nH]c(-c3ccccn3)n2)=NC1. The fourth-order valence-electron chi connectivity index (χ4n) is 1.51. The van der Waals surface area contributed by atoms with Crippen molar-refractivity contribution in [1.29, 1.82) is 0 Å². The minimum absolute atomic E-state index is 0.640. The second-order valence-corrected chi connectivity index (χ2v) is 3.33. The molecule has 0 unspecified atom stereocenters. The van der Waals surface area contributed by atoms with Crippen LogP contribution in [-0.4, -0.2) is 33.5 Å². The van der Waals surface area contributed by atoms with Crippen LogP contribution in [0.1, 0.15) is 5.69 Å². The molecule has 16 heavy (non-hydrogen) atoms. The number of H-pyrrole nitrogens is 1. The summed E-state index contributed by atoms with van der Waals surface area (Å²) in [5.41, 5.74) is 1.57. The minimum atomic E-state index is 0.640. The molecule has 0 saturated carbocycles. The Balaban J connectivity index is 1.97. The van der Waals surface area contributed by atoms with E-state index in [2.05, 4.69) is 24.9 Å². The van der Waals surface area contributed by atoms with Gasteiger partial charge in [-0.3, -0.25) is 9.98 Å². The lowest BCUT2D eigenvalue weighted by Gasteiger charge is -1.93. The largest absolute Gasteiger partial charge is 0.343 e. The second kappa shape index (κ2) is 3.69. The standard InChI is InChI=1S/C11H9N5/c1-2-4-12-8(3-1)11-15-7-9(16-11)10-13-5-6-14-10/h1-5,7H,6H2,(H,15,16). The molecule has 0 saturated heterocycles. The zero-order valence-corrected chi connectivity index (χ0v) is 8.46. The maximum atomic E-state index is 4.40. The van der Waals surface area contributed by atoms with Gasteiger partial charge in [0.15, 0.2) is 11.7 Å². The van der Waals surface area contributed by atoms with Crippen LogP contribution < -0.4 is 0 Å². The van der Waals surface area contributed by atoms with E-state index in [-0.39, 0.29) is 0 Å². The van der Waals surface area contributed by atoms with Crippen molar-refractivity contribution < 1.29 is 0 Å². The van der Waals surface area contributed by atoms with E-state index in [1.807, 2.05) is 18.2 Å². The fraction of sp³-hybridized carbons (Fsp3) is 0.0909. The first-order chi connectivity index (χ1) is 7.93. The topological polar surface area (TPSA) is 66.3 Å². The maximum Gasteiger partial charge on any atom is 0.175 e. The third-order valence-corrected chi connectivity index (χ3v) is 2.25. The molecule has 0 fully saturated rings. The van der Waals surface area contributed by atoms with Gasteiger partial charge in [-0.25, -0.2) is 9.98 Å². The lowest BCUT2D eigenvalue weighted by Crippen LogP contribution is -1.94. The molecule has 0 atom stereocenters. The summed E-state index contributed by atoms with van der Waals surface area (Å²) in [6, 6.07) is 5.71. The van der Waals surface area contributed by atoms with Crippen LogP contribution in [0.15, 0.2) is 40.6 Å². The van der Waals surface area contributed by atoms with Crippen molar-refractivity contribution >= 4 is 12.1 Å². The molecule has 3 rings (SSSR count). The predicted molar refractivity (Wildman–Crippen MR) is 61.7 cm³/mol. The molecule has 78 valence electrons. The summed E-state index contributed by atoms with van der Waals surface area (Å²) >= 11 is 0. The highest BCUT2D eigenvalue weighted by Crippen LogP contribution is 2.13. The van der Waals surface area contributed by atoms with Crippen molar-refractivity contribution in [2.45, 2.75) is 0 Å². The van der Waals surface area contributed by atoms with E-state index in [9.17, 15) is 0 Å². The van der Waals surface area contributed by atoms with Gasteiger partial charge in [0, 0.05) is 18.6 Å². The highest BCUT2D eigenvalue weighted by molar-refractivity contribution is 6.05. The molecule has 5 heteroatoms. The fourth-order valence-corrected chi connectivity index (χ4v) is 1.51. The van der Waals surface area contributed by atoms with Gasteiger partial charge >= 0.3 is 0 Å². The van der Waals surface area contributed by atoms with Gasteiger partial charge in [-0.15, -0.1) is 0 Å². The Labute approximate surface area is 92.0 Å². The number of pyridine rings is 1. The van der Waals surface area contributed by atoms with Crippen LogP contribution in [0.5, 0.6) is 0 Å². The van der Waals surface area contributed by atoms with Gasteiger partial charge in [0.05, 0.1) is 6.54 Å². The quantitative estimate of drug-likeness (QED) is 0.813. The molecule has 1 aliphatic heterocycles. The normalized spacial score (nSPS) is 14.1. The number of hydrogen-bond donors (Lipinski definition) is 1. The zero-order valence-electron chi connectivity index (χ0n) is 8.46. The summed E-state index contributed by atoms with van der Waals surface area (Å²) in [6.45, 7) is 0.640. The maximum absolute atomic E-state index is 4.40. The molecule has 5 nitrogen and oxygen atoms in total. The van der Waals surface area contributed by atoms with Gasteiger partial charge in [-0.2, -0.15) is 0 Å². The van der Waals surface area contributed by atoms with Crippen LogP contribution in [0, 0.1) is 0 Å². The molecule has 1 aliphatic rings. The van der Waals surface area contributed by atoms with Crippen LogP contribution in [-0.2, 0) is 0 Å². The van der Waals surface area contributed by atoms with Crippen LogP contribution in [0.4, 0.5) is 0 Å². The number of nitrogens with zero attached hydrogens (tertiary/aromatic N) is 4. The first kappa shape index (κ1) is 8.96. The van der Waals surface area contributed by atoms with Crippen molar-refractivity contribution in [3.63, 3.8) is 0 Å². The Bertz CT molecular complexity index is 553. The number of nitrogens with one attached hydrogen (secondary N) is 1. The van der Waals surface area contributed by atoms with Gasteiger partial charge in [-0.05, 0) is 12.1 Å². The van der Waals surface area contributed by atoms with Gasteiger partial charge < -0.3 is 4.98 Å². The van der Waals surface area contributed by atoms with Crippen LogP contribution in [0.25, 0.3) is 11.5 Å². The Morgan fingerprint density at radius 2 is 2.19 bits per heavy atom. The van der Waals surface area contributed by atoms with Crippen LogP contribution >= 0.6 is 0 Å². The highest BCUT2D eigenvalue weighted by atomic mass is 15.0. The summed E-state index contributed by atoms with van der Waals surface area (Å²) < 4.78 is 0. The molecule has 0 aromatic carbocycles. The van der Waals surface area contributed by atoms with E-state index in [1.54, 1.807) is 18.6 Å².